The summed E-state index contributed by atoms with van der Waals surface area (Å²) in [6.45, 7) is 0. The molecule has 0 saturated carbocycles. The van der Waals surface area contributed by atoms with E-state index in [-0.39, 0.29) is 15.6 Å². The topological polar surface area (TPSA) is 102 Å². The molecule has 104 valence electrons. The van der Waals surface area contributed by atoms with Gasteiger partial charge in [0.2, 0.25) is 10.0 Å². The van der Waals surface area contributed by atoms with Gasteiger partial charge in [0.25, 0.3) is 5.91 Å². The fourth-order valence-electron chi connectivity index (χ4n) is 1.47. The average molecular weight is 312 g/mol. The summed E-state index contributed by atoms with van der Waals surface area (Å²) in [6.07, 6.45) is 2.94. The van der Waals surface area contributed by atoms with Crippen LogP contribution in [0.2, 0.25) is 5.02 Å². The highest BCUT2D eigenvalue weighted by Gasteiger charge is 2.13. The number of rotatable bonds is 3. The van der Waals surface area contributed by atoms with Crippen molar-refractivity contribution in [3.8, 4) is 0 Å². The van der Waals surface area contributed by atoms with Gasteiger partial charge in [0, 0.05) is 18.0 Å². The zero-order chi connectivity index (χ0) is 14.8. The minimum Gasteiger partial charge on any atom is -0.321 e. The Morgan fingerprint density at radius 1 is 1.20 bits per heavy atom. The van der Waals surface area contributed by atoms with Crippen LogP contribution in [0, 0.1) is 0 Å². The maximum atomic E-state index is 11.9. The van der Waals surface area contributed by atoms with Gasteiger partial charge in [-0.1, -0.05) is 11.6 Å². The van der Waals surface area contributed by atoms with Gasteiger partial charge in [0.05, 0.1) is 15.6 Å². The van der Waals surface area contributed by atoms with Crippen LogP contribution in [-0.4, -0.2) is 19.3 Å². The lowest BCUT2D eigenvalue weighted by atomic mass is 10.2. The maximum Gasteiger partial charge on any atom is 0.255 e. The Labute approximate surface area is 120 Å². The van der Waals surface area contributed by atoms with Crippen molar-refractivity contribution in [1.29, 1.82) is 0 Å². The van der Waals surface area contributed by atoms with Crippen molar-refractivity contribution < 1.29 is 13.2 Å². The number of carbonyl (C=O) groups is 1. The zero-order valence-corrected chi connectivity index (χ0v) is 11.6. The number of carbonyl (C=O) groups excluding carboxylic acids is 1. The van der Waals surface area contributed by atoms with E-state index in [1.165, 1.54) is 42.7 Å². The Bertz CT molecular complexity index is 748. The Kier molecular flexibility index (Phi) is 4.03. The standard InChI is InChI=1S/C12H10ClN3O3S/c13-10-2-1-9(20(14,18)19)7-11(10)16-12(17)8-3-5-15-6-4-8/h1-7H,(H,16,17)(H2,14,18,19). The van der Waals surface area contributed by atoms with Crippen molar-refractivity contribution in [3.63, 3.8) is 0 Å². The molecule has 2 aromatic rings. The second-order valence-electron chi connectivity index (χ2n) is 3.88. The fourth-order valence-corrected chi connectivity index (χ4v) is 2.18. The number of benzene rings is 1. The average Bonchev–Trinajstić information content (AvgIpc) is 2.41. The first-order valence-corrected chi connectivity index (χ1v) is 7.34. The number of aromatic nitrogens is 1. The molecule has 0 radical (unpaired) electrons. The van der Waals surface area contributed by atoms with Crippen LogP contribution in [0.5, 0.6) is 0 Å². The van der Waals surface area contributed by atoms with Gasteiger partial charge in [-0.25, -0.2) is 13.6 Å². The number of halogens is 1. The lowest BCUT2D eigenvalue weighted by Crippen LogP contribution is -2.15. The first-order valence-electron chi connectivity index (χ1n) is 5.41. The molecule has 3 N–H and O–H groups in total. The minimum absolute atomic E-state index is 0.132. The molecular formula is C12H10ClN3O3S. The smallest absolute Gasteiger partial charge is 0.255 e. The summed E-state index contributed by atoms with van der Waals surface area (Å²) in [5.41, 5.74) is 0.539. The van der Waals surface area contributed by atoms with Crippen LogP contribution < -0.4 is 10.5 Å². The molecule has 1 heterocycles. The maximum absolute atomic E-state index is 11.9. The lowest BCUT2D eigenvalue weighted by Gasteiger charge is -2.08. The number of sulfonamides is 1. The SMILES string of the molecule is NS(=O)(=O)c1ccc(Cl)c(NC(=O)c2ccncc2)c1. The molecule has 0 bridgehead atoms. The summed E-state index contributed by atoms with van der Waals surface area (Å²) in [7, 11) is -3.86. The molecule has 6 nitrogen and oxygen atoms in total. The van der Waals surface area contributed by atoms with Crippen LogP contribution in [0.15, 0.2) is 47.6 Å². The van der Waals surface area contributed by atoms with E-state index >= 15 is 0 Å². The molecule has 8 heteroatoms. The van der Waals surface area contributed by atoms with Gasteiger partial charge in [-0.15, -0.1) is 0 Å². The van der Waals surface area contributed by atoms with Crippen molar-refractivity contribution in [2.24, 2.45) is 5.14 Å². The number of anilines is 1. The summed E-state index contributed by atoms with van der Waals surface area (Å²) in [4.78, 5) is 15.6. The fraction of sp³-hybridized carbons (Fsp3) is 0. The molecule has 2 rings (SSSR count). The number of pyridine rings is 1. The van der Waals surface area contributed by atoms with E-state index in [1.807, 2.05) is 0 Å². The van der Waals surface area contributed by atoms with Crippen molar-refractivity contribution in [1.82, 2.24) is 4.98 Å². The summed E-state index contributed by atoms with van der Waals surface area (Å²) in [6, 6.07) is 6.86. The number of primary sulfonamides is 1. The number of nitrogens with one attached hydrogen (secondary N) is 1. The summed E-state index contributed by atoms with van der Waals surface area (Å²) in [5, 5.41) is 7.75. The molecule has 0 aliphatic heterocycles. The van der Waals surface area contributed by atoms with Gasteiger partial charge in [-0.2, -0.15) is 0 Å². The molecule has 1 aromatic carbocycles. The quantitative estimate of drug-likeness (QED) is 0.899. The Balaban J connectivity index is 2.32. The van der Waals surface area contributed by atoms with Crippen LogP contribution in [0.3, 0.4) is 0 Å². The zero-order valence-electron chi connectivity index (χ0n) is 10.1. The Hall–Kier alpha value is -1.96. The largest absolute Gasteiger partial charge is 0.321 e. The van der Waals surface area contributed by atoms with Crippen molar-refractivity contribution in [2.45, 2.75) is 4.90 Å². The molecule has 0 atom stereocenters. The number of nitrogens with zero attached hydrogens (tertiary/aromatic N) is 1. The number of hydrogen-bond acceptors (Lipinski definition) is 4. The van der Waals surface area contributed by atoms with Gasteiger partial charge < -0.3 is 5.32 Å². The van der Waals surface area contributed by atoms with Crippen molar-refractivity contribution in [3.05, 3.63) is 53.3 Å². The summed E-state index contributed by atoms with van der Waals surface area (Å²) >= 11 is 5.92. The van der Waals surface area contributed by atoms with Crippen LogP contribution in [0.4, 0.5) is 5.69 Å². The highest BCUT2D eigenvalue weighted by Crippen LogP contribution is 2.25. The van der Waals surface area contributed by atoms with Crippen LogP contribution in [-0.2, 0) is 10.0 Å². The van der Waals surface area contributed by atoms with Gasteiger partial charge >= 0.3 is 0 Å². The molecule has 1 amide bonds. The van der Waals surface area contributed by atoms with E-state index in [0.717, 1.165) is 0 Å². The van der Waals surface area contributed by atoms with Crippen LogP contribution in [0.1, 0.15) is 10.4 Å². The van der Waals surface area contributed by atoms with E-state index in [4.69, 9.17) is 16.7 Å². The second-order valence-corrected chi connectivity index (χ2v) is 5.85. The first kappa shape index (κ1) is 14.4. The van der Waals surface area contributed by atoms with E-state index in [9.17, 15) is 13.2 Å². The summed E-state index contributed by atoms with van der Waals surface area (Å²) in [5.74, 6) is -0.430. The molecule has 0 fully saturated rings. The molecule has 0 spiro atoms. The van der Waals surface area contributed by atoms with Crippen molar-refractivity contribution in [2.75, 3.05) is 5.32 Å². The number of amides is 1. The monoisotopic (exact) mass is 311 g/mol. The van der Waals surface area contributed by atoms with E-state index in [0.29, 0.717) is 5.56 Å². The third-order valence-corrected chi connectivity index (χ3v) is 3.70. The van der Waals surface area contributed by atoms with Gasteiger partial charge in [-0.05, 0) is 30.3 Å². The van der Waals surface area contributed by atoms with E-state index in [1.54, 1.807) is 0 Å². The number of nitrogens with two attached hydrogens (primary N) is 1. The van der Waals surface area contributed by atoms with Crippen LogP contribution >= 0.6 is 11.6 Å². The van der Waals surface area contributed by atoms with Crippen LogP contribution in [0.25, 0.3) is 0 Å². The van der Waals surface area contributed by atoms with E-state index < -0.39 is 15.9 Å². The third-order valence-electron chi connectivity index (χ3n) is 2.46. The summed E-state index contributed by atoms with van der Waals surface area (Å²) < 4.78 is 22.5. The van der Waals surface area contributed by atoms with Gasteiger partial charge in [-0.3, -0.25) is 9.78 Å². The number of hydrogen-bond donors (Lipinski definition) is 2. The second kappa shape index (κ2) is 5.58. The molecule has 1 aromatic heterocycles. The highest BCUT2D eigenvalue weighted by atomic mass is 35.5. The molecule has 0 unspecified atom stereocenters. The van der Waals surface area contributed by atoms with Gasteiger partial charge in [0.1, 0.15) is 0 Å². The molecule has 20 heavy (non-hydrogen) atoms. The lowest BCUT2D eigenvalue weighted by molar-refractivity contribution is 0.102. The van der Waals surface area contributed by atoms with Gasteiger partial charge in [0.15, 0.2) is 0 Å². The molecule has 0 aliphatic rings. The molecular weight excluding hydrogens is 302 g/mol. The minimum atomic E-state index is -3.86. The highest BCUT2D eigenvalue weighted by molar-refractivity contribution is 7.89. The van der Waals surface area contributed by atoms with Crippen molar-refractivity contribution >= 4 is 33.2 Å². The Morgan fingerprint density at radius 2 is 1.85 bits per heavy atom. The molecule has 0 aliphatic carbocycles. The molecule has 0 saturated heterocycles. The first-order chi connectivity index (χ1) is 9.38. The predicted molar refractivity (Wildman–Crippen MR) is 75.0 cm³/mol. The predicted octanol–water partition coefficient (Wildman–Crippen LogP) is 1.63. The normalized spacial score (nSPS) is 11.1. The Morgan fingerprint density at radius 3 is 2.45 bits per heavy atom. The third kappa shape index (κ3) is 3.32. The van der Waals surface area contributed by atoms with E-state index in [2.05, 4.69) is 10.3 Å².